The number of hydrogen-bond donors (Lipinski definition) is 2. The van der Waals surface area contributed by atoms with E-state index in [2.05, 4.69) is 20.8 Å². The van der Waals surface area contributed by atoms with Gasteiger partial charge in [0.25, 0.3) is 0 Å². The average molecular weight is 454 g/mol. The zero-order chi connectivity index (χ0) is 22.5. The van der Waals surface area contributed by atoms with Gasteiger partial charge in [-0.15, -0.1) is 10.2 Å². The molecule has 0 aliphatic carbocycles. The van der Waals surface area contributed by atoms with Crippen LogP contribution in [0, 0.1) is 0 Å². The molecule has 1 fully saturated rings. The average Bonchev–Trinajstić information content (AvgIpc) is 3.49. The van der Waals surface area contributed by atoms with Crippen molar-refractivity contribution in [1.82, 2.24) is 15.1 Å². The van der Waals surface area contributed by atoms with Crippen molar-refractivity contribution in [2.24, 2.45) is 0 Å². The maximum atomic E-state index is 12.9. The molecule has 10 heteroatoms. The minimum atomic E-state index is -0.575. The molecule has 1 aliphatic rings. The van der Waals surface area contributed by atoms with Crippen LogP contribution in [0.2, 0.25) is 0 Å². The molecule has 2 aromatic carbocycles. The summed E-state index contributed by atoms with van der Waals surface area (Å²) in [5.41, 5.74) is 1.48. The van der Waals surface area contributed by atoms with Gasteiger partial charge in [0.2, 0.25) is 11.0 Å². The van der Waals surface area contributed by atoms with Crippen molar-refractivity contribution in [3.63, 3.8) is 0 Å². The van der Waals surface area contributed by atoms with Gasteiger partial charge in [-0.3, -0.25) is 10.1 Å². The van der Waals surface area contributed by atoms with E-state index in [1.54, 1.807) is 43.4 Å². The Morgan fingerprint density at radius 3 is 2.56 bits per heavy atom. The summed E-state index contributed by atoms with van der Waals surface area (Å²) in [5.74, 6) is 1.11. The van der Waals surface area contributed by atoms with Crippen LogP contribution >= 0.6 is 11.3 Å². The topological polar surface area (TPSA) is 106 Å². The molecule has 166 valence electrons. The number of carbonyl (C=O) groups excluding carboxylic acids is 2. The smallest absolute Gasteiger partial charge is 0.322 e. The molecular formula is C22H23N5O4S. The lowest BCUT2D eigenvalue weighted by Crippen LogP contribution is -2.45. The number of aromatic nitrogens is 2. The SMILES string of the molecule is COc1ccc(-c2nnc(NC(=O)C3CCCN3C(=O)Nc3cccc(OC)c3)s2)cc1. The van der Waals surface area contributed by atoms with Gasteiger partial charge in [0, 0.05) is 23.9 Å². The van der Waals surface area contributed by atoms with Gasteiger partial charge in [0.15, 0.2) is 0 Å². The highest BCUT2D eigenvalue weighted by atomic mass is 32.1. The lowest BCUT2D eigenvalue weighted by Gasteiger charge is -2.23. The summed E-state index contributed by atoms with van der Waals surface area (Å²) in [6.07, 6.45) is 1.33. The first-order chi connectivity index (χ1) is 15.6. The van der Waals surface area contributed by atoms with E-state index < -0.39 is 6.04 Å². The summed E-state index contributed by atoms with van der Waals surface area (Å²) < 4.78 is 10.4. The van der Waals surface area contributed by atoms with Crippen molar-refractivity contribution in [2.75, 3.05) is 31.4 Å². The molecule has 2 heterocycles. The second-order valence-corrected chi connectivity index (χ2v) is 8.12. The highest BCUT2D eigenvalue weighted by Gasteiger charge is 2.34. The number of urea groups is 1. The number of likely N-dealkylation sites (tertiary alicyclic amines) is 1. The monoisotopic (exact) mass is 453 g/mol. The van der Waals surface area contributed by atoms with E-state index in [-0.39, 0.29) is 11.9 Å². The summed E-state index contributed by atoms with van der Waals surface area (Å²) in [6, 6.07) is 13.6. The van der Waals surface area contributed by atoms with E-state index in [9.17, 15) is 9.59 Å². The van der Waals surface area contributed by atoms with Crippen molar-refractivity contribution >= 4 is 34.1 Å². The summed E-state index contributed by atoms with van der Waals surface area (Å²) >= 11 is 1.27. The fourth-order valence-corrected chi connectivity index (χ4v) is 4.24. The third-order valence-corrected chi connectivity index (χ3v) is 6.02. The van der Waals surface area contributed by atoms with Crippen molar-refractivity contribution in [1.29, 1.82) is 0 Å². The minimum Gasteiger partial charge on any atom is -0.497 e. The van der Waals surface area contributed by atoms with Crippen molar-refractivity contribution in [2.45, 2.75) is 18.9 Å². The number of nitrogens with one attached hydrogen (secondary N) is 2. The molecule has 2 N–H and O–H groups in total. The number of rotatable bonds is 6. The molecule has 1 aliphatic heterocycles. The van der Waals surface area contributed by atoms with Crippen molar-refractivity contribution in [3.05, 3.63) is 48.5 Å². The zero-order valence-corrected chi connectivity index (χ0v) is 18.5. The number of amides is 3. The molecule has 1 saturated heterocycles. The molecule has 1 atom stereocenters. The van der Waals surface area contributed by atoms with Crippen LogP contribution in [0.25, 0.3) is 10.6 Å². The number of methoxy groups -OCH3 is 2. The number of benzene rings is 2. The Bertz CT molecular complexity index is 1100. The number of carbonyl (C=O) groups is 2. The van der Waals surface area contributed by atoms with Gasteiger partial charge >= 0.3 is 6.03 Å². The molecule has 1 unspecified atom stereocenters. The van der Waals surface area contributed by atoms with Crippen molar-refractivity contribution < 1.29 is 19.1 Å². The van der Waals surface area contributed by atoms with Crippen LogP contribution in [0.1, 0.15) is 12.8 Å². The lowest BCUT2D eigenvalue weighted by atomic mass is 10.2. The van der Waals surface area contributed by atoms with Crippen LogP contribution < -0.4 is 20.1 Å². The van der Waals surface area contributed by atoms with E-state index in [4.69, 9.17) is 9.47 Å². The van der Waals surface area contributed by atoms with Gasteiger partial charge in [-0.25, -0.2) is 4.79 Å². The fourth-order valence-electron chi connectivity index (χ4n) is 3.49. The Kier molecular flexibility index (Phi) is 6.50. The molecular weight excluding hydrogens is 430 g/mol. The highest BCUT2D eigenvalue weighted by molar-refractivity contribution is 7.18. The molecule has 32 heavy (non-hydrogen) atoms. The van der Waals surface area contributed by atoms with Crippen LogP contribution in [-0.4, -0.2) is 53.8 Å². The van der Waals surface area contributed by atoms with Crippen LogP contribution in [0.3, 0.4) is 0 Å². The normalized spacial score (nSPS) is 15.3. The molecule has 9 nitrogen and oxygen atoms in total. The molecule has 3 amide bonds. The van der Waals surface area contributed by atoms with E-state index in [1.165, 1.54) is 11.3 Å². The molecule has 0 spiro atoms. The van der Waals surface area contributed by atoms with Gasteiger partial charge < -0.3 is 19.7 Å². The molecule has 0 saturated carbocycles. The third-order valence-electron chi connectivity index (χ3n) is 5.13. The van der Waals surface area contributed by atoms with Crippen LogP contribution in [-0.2, 0) is 4.79 Å². The summed E-state index contributed by atoms with van der Waals surface area (Å²) in [4.78, 5) is 27.2. The van der Waals surface area contributed by atoms with E-state index in [0.29, 0.717) is 34.5 Å². The predicted molar refractivity (Wildman–Crippen MR) is 122 cm³/mol. The van der Waals surface area contributed by atoms with Crippen LogP contribution in [0.5, 0.6) is 11.5 Å². The van der Waals surface area contributed by atoms with Crippen LogP contribution in [0.4, 0.5) is 15.6 Å². The van der Waals surface area contributed by atoms with Gasteiger partial charge in [-0.2, -0.15) is 0 Å². The van der Waals surface area contributed by atoms with Gasteiger partial charge in [-0.05, 0) is 49.2 Å². The summed E-state index contributed by atoms with van der Waals surface area (Å²) in [6.45, 7) is 0.501. The Morgan fingerprint density at radius 2 is 1.81 bits per heavy atom. The fraction of sp³-hybridized carbons (Fsp3) is 0.273. The first-order valence-electron chi connectivity index (χ1n) is 10.1. The van der Waals surface area contributed by atoms with E-state index in [0.717, 1.165) is 17.7 Å². The maximum absolute atomic E-state index is 12.9. The second kappa shape index (κ2) is 9.65. The first-order valence-corrected chi connectivity index (χ1v) is 10.9. The first kappa shape index (κ1) is 21.6. The van der Waals surface area contributed by atoms with E-state index in [1.807, 2.05) is 24.3 Å². The Morgan fingerprint density at radius 1 is 1.03 bits per heavy atom. The molecule has 4 rings (SSSR count). The predicted octanol–water partition coefficient (Wildman–Crippen LogP) is 3.86. The molecule has 0 bridgehead atoms. The Labute approximate surface area is 189 Å². The zero-order valence-electron chi connectivity index (χ0n) is 17.7. The lowest BCUT2D eigenvalue weighted by molar-refractivity contribution is -0.119. The van der Waals surface area contributed by atoms with Crippen molar-refractivity contribution in [3.8, 4) is 22.1 Å². The Hall–Kier alpha value is -3.66. The number of anilines is 2. The van der Waals surface area contributed by atoms with Gasteiger partial charge in [-0.1, -0.05) is 17.4 Å². The van der Waals surface area contributed by atoms with Crippen LogP contribution in [0.15, 0.2) is 48.5 Å². The summed E-state index contributed by atoms with van der Waals surface area (Å²) in [5, 5.41) is 14.9. The largest absolute Gasteiger partial charge is 0.497 e. The minimum absolute atomic E-state index is 0.277. The quantitative estimate of drug-likeness (QED) is 0.587. The maximum Gasteiger partial charge on any atom is 0.322 e. The van der Waals surface area contributed by atoms with E-state index >= 15 is 0 Å². The van der Waals surface area contributed by atoms with Gasteiger partial charge in [0.1, 0.15) is 22.5 Å². The second-order valence-electron chi connectivity index (χ2n) is 7.14. The number of ether oxygens (including phenoxy) is 2. The number of nitrogens with zero attached hydrogens (tertiary/aromatic N) is 3. The molecule has 3 aromatic rings. The highest BCUT2D eigenvalue weighted by Crippen LogP contribution is 2.29. The standard InChI is InChI=1S/C22H23N5O4S/c1-30-16-10-8-14(9-11-16)20-25-26-21(32-20)24-19(28)18-7-4-12-27(18)22(29)23-15-5-3-6-17(13-15)31-2/h3,5-6,8-11,13,18H,4,7,12H2,1-2H3,(H,23,29)(H,24,26,28). The van der Waals surface area contributed by atoms with Gasteiger partial charge in [0.05, 0.1) is 14.2 Å². The Balaban J connectivity index is 1.40. The summed E-state index contributed by atoms with van der Waals surface area (Å²) in [7, 11) is 3.17. The molecule has 1 aromatic heterocycles. The third kappa shape index (κ3) is 4.80. The molecule has 0 radical (unpaired) electrons. The number of hydrogen-bond acceptors (Lipinski definition) is 7.